The molecule has 2 nitrogen and oxygen atoms in total. The van der Waals surface area contributed by atoms with Crippen molar-refractivity contribution < 1.29 is 4.39 Å². The first-order valence-electron chi connectivity index (χ1n) is 4.13. The van der Waals surface area contributed by atoms with Crippen LogP contribution in [0.15, 0.2) is 30.6 Å². The summed E-state index contributed by atoms with van der Waals surface area (Å²) in [6, 6.07) is 4.51. The van der Waals surface area contributed by atoms with E-state index in [-0.39, 0.29) is 5.02 Å². The minimum atomic E-state index is -0.417. The lowest BCUT2D eigenvalue weighted by atomic mass is 10.3. The number of nitrogens with zero attached hydrogens (tertiary/aromatic N) is 2. The van der Waals surface area contributed by atoms with Gasteiger partial charge >= 0.3 is 0 Å². The molecule has 1 aromatic carbocycles. The van der Waals surface area contributed by atoms with Gasteiger partial charge in [-0.25, -0.2) is 9.07 Å². The zero-order chi connectivity index (χ0) is 10.1. The Morgan fingerprint density at radius 1 is 1.43 bits per heavy atom. The van der Waals surface area contributed by atoms with Gasteiger partial charge < -0.3 is 0 Å². The Morgan fingerprint density at radius 2 is 2.21 bits per heavy atom. The predicted molar refractivity (Wildman–Crippen MR) is 53.3 cm³/mol. The van der Waals surface area contributed by atoms with E-state index in [4.69, 9.17) is 11.6 Å². The Kier molecular flexibility index (Phi) is 2.25. The van der Waals surface area contributed by atoms with Gasteiger partial charge in [0, 0.05) is 6.20 Å². The van der Waals surface area contributed by atoms with Gasteiger partial charge in [0.25, 0.3) is 0 Å². The third-order valence-corrected chi connectivity index (χ3v) is 2.17. The monoisotopic (exact) mass is 210 g/mol. The molecule has 0 unspecified atom stereocenters. The molecule has 2 aromatic rings. The molecule has 0 amide bonds. The van der Waals surface area contributed by atoms with Crippen molar-refractivity contribution in [1.82, 2.24) is 9.78 Å². The third-order valence-electron chi connectivity index (χ3n) is 1.88. The van der Waals surface area contributed by atoms with E-state index < -0.39 is 5.82 Å². The Morgan fingerprint density at radius 3 is 2.79 bits per heavy atom. The first-order chi connectivity index (χ1) is 6.66. The maximum Gasteiger partial charge on any atom is 0.141 e. The van der Waals surface area contributed by atoms with Crippen LogP contribution in [0.5, 0.6) is 0 Å². The van der Waals surface area contributed by atoms with Crippen molar-refractivity contribution in [3.8, 4) is 5.69 Å². The molecule has 0 saturated carbocycles. The van der Waals surface area contributed by atoms with Crippen LogP contribution in [0, 0.1) is 12.7 Å². The molecule has 0 radical (unpaired) electrons. The van der Waals surface area contributed by atoms with Gasteiger partial charge in [0.1, 0.15) is 5.82 Å². The van der Waals surface area contributed by atoms with Crippen LogP contribution in [0.2, 0.25) is 5.02 Å². The summed E-state index contributed by atoms with van der Waals surface area (Å²) in [7, 11) is 0. The fraction of sp³-hybridized carbons (Fsp3) is 0.100. The van der Waals surface area contributed by atoms with Crippen LogP contribution >= 0.6 is 11.6 Å². The zero-order valence-corrected chi connectivity index (χ0v) is 8.29. The summed E-state index contributed by atoms with van der Waals surface area (Å²) in [4.78, 5) is 0. The van der Waals surface area contributed by atoms with Gasteiger partial charge in [0.05, 0.1) is 16.9 Å². The highest BCUT2D eigenvalue weighted by Crippen LogP contribution is 2.18. The van der Waals surface area contributed by atoms with Crippen LogP contribution in [0.1, 0.15) is 5.56 Å². The van der Waals surface area contributed by atoms with E-state index in [1.54, 1.807) is 23.0 Å². The van der Waals surface area contributed by atoms with E-state index in [1.165, 1.54) is 6.07 Å². The van der Waals surface area contributed by atoms with E-state index in [0.29, 0.717) is 0 Å². The van der Waals surface area contributed by atoms with Crippen LogP contribution in [-0.2, 0) is 0 Å². The smallest absolute Gasteiger partial charge is 0.141 e. The molecule has 0 aliphatic rings. The lowest BCUT2D eigenvalue weighted by Crippen LogP contribution is -1.94. The average molecular weight is 211 g/mol. The number of aryl methyl sites for hydroxylation is 1. The summed E-state index contributed by atoms with van der Waals surface area (Å²) in [5, 5.41) is 4.20. The van der Waals surface area contributed by atoms with Crippen LogP contribution < -0.4 is 0 Å². The normalized spacial score (nSPS) is 10.5. The third kappa shape index (κ3) is 1.63. The lowest BCUT2D eigenvalue weighted by Gasteiger charge is -2.01. The number of aromatic nitrogens is 2. The number of hydrogen-bond acceptors (Lipinski definition) is 1. The van der Waals surface area contributed by atoms with Gasteiger partial charge in [-0.2, -0.15) is 5.10 Å². The molecule has 0 bridgehead atoms. The molecule has 72 valence electrons. The maximum absolute atomic E-state index is 12.9. The van der Waals surface area contributed by atoms with Crippen molar-refractivity contribution in [3.05, 3.63) is 47.0 Å². The van der Waals surface area contributed by atoms with Crippen molar-refractivity contribution in [2.45, 2.75) is 6.92 Å². The summed E-state index contributed by atoms with van der Waals surface area (Å²) in [6.07, 6.45) is 3.58. The molecule has 4 heteroatoms. The average Bonchev–Trinajstić information content (AvgIpc) is 2.57. The van der Waals surface area contributed by atoms with Crippen molar-refractivity contribution in [3.63, 3.8) is 0 Å². The second kappa shape index (κ2) is 3.42. The fourth-order valence-corrected chi connectivity index (χ4v) is 1.36. The quantitative estimate of drug-likeness (QED) is 0.708. The van der Waals surface area contributed by atoms with Gasteiger partial charge in [0.15, 0.2) is 0 Å². The highest BCUT2D eigenvalue weighted by molar-refractivity contribution is 6.30. The van der Waals surface area contributed by atoms with Crippen molar-refractivity contribution in [2.75, 3.05) is 0 Å². The van der Waals surface area contributed by atoms with Crippen LogP contribution in [0.4, 0.5) is 4.39 Å². The topological polar surface area (TPSA) is 17.8 Å². The highest BCUT2D eigenvalue weighted by atomic mass is 35.5. The van der Waals surface area contributed by atoms with Gasteiger partial charge in [-0.3, -0.25) is 0 Å². The number of rotatable bonds is 1. The Labute approximate surface area is 85.9 Å². The minimum absolute atomic E-state index is 0.107. The minimum Gasteiger partial charge on any atom is -0.241 e. The second-order valence-corrected chi connectivity index (χ2v) is 3.47. The molecular formula is C10H8ClFN2. The summed E-state index contributed by atoms with van der Waals surface area (Å²) in [6.45, 7) is 1.94. The first kappa shape index (κ1) is 9.21. The van der Waals surface area contributed by atoms with E-state index in [9.17, 15) is 4.39 Å². The van der Waals surface area contributed by atoms with Crippen LogP contribution in [0.3, 0.4) is 0 Å². The molecule has 0 aliphatic carbocycles. The molecular weight excluding hydrogens is 203 g/mol. The number of hydrogen-bond donors (Lipinski definition) is 0. The van der Waals surface area contributed by atoms with Gasteiger partial charge in [-0.1, -0.05) is 11.6 Å². The zero-order valence-electron chi connectivity index (χ0n) is 7.54. The van der Waals surface area contributed by atoms with Gasteiger partial charge in [-0.15, -0.1) is 0 Å². The van der Waals surface area contributed by atoms with E-state index >= 15 is 0 Å². The van der Waals surface area contributed by atoms with E-state index in [1.807, 2.05) is 13.1 Å². The lowest BCUT2D eigenvalue weighted by molar-refractivity contribution is 0.627. The molecule has 1 heterocycles. The molecule has 0 fully saturated rings. The number of halogens is 2. The summed E-state index contributed by atoms with van der Waals surface area (Å²) in [5.41, 5.74) is 1.80. The second-order valence-electron chi connectivity index (χ2n) is 3.06. The Hall–Kier alpha value is -1.35. The molecule has 0 N–H and O–H groups in total. The van der Waals surface area contributed by atoms with Crippen molar-refractivity contribution in [2.24, 2.45) is 0 Å². The molecule has 1 aromatic heterocycles. The van der Waals surface area contributed by atoms with E-state index in [0.717, 1.165) is 11.3 Å². The van der Waals surface area contributed by atoms with Crippen LogP contribution in [-0.4, -0.2) is 9.78 Å². The standard InChI is InChI=1S/C10H8ClFN2/c1-7-5-13-14(6-7)8-2-3-10(12)9(11)4-8/h2-6H,1H3. The maximum atomic E-state index is 12.9. The van der Waals surface area contributed by atoms with Crippen molar-refractivity contribution >= 4 is 11.6 Å². The molecule has 14 heavy (non-hydrogen) atoms. The van der Waals surface area contributed by atoms with E-state index in [2.05, 4.69) is 5.10 Å². The molecule has 0 aliphatic heterocycles. The number of benzene rings is 1. The predicted octanol–water partition coefficient (Wildman–Crippen LogP) is 2.97. The molecule has 0 saturated heterocycles. The SMILES string of the molecule is Cc1cnn(-c2ccc(F)c(Cl)c2)c1. The summed E-state index contributed by atoms with van der Waals surface area (Å²) in [5.74, 6) is -0.417. The fourth-order valence-electron chi connectivity index (χ4n) is 1.18. The Balaban J connectivity index is 2.47. The van der Waals surface area contributed by atoms with Gasteiger partial charge in [-0.05, 0) is 30.7 Å². The largest absolute Gasteiger partial charge is 0.241 e. The van der Waals surface area contributed by atoms with Gasteiger partial charge in [0.2, 0.25) is 0 Å². The summed E-state index contributed by atoms with van der Waals surface area (Å²) >= 11 is 5.65. The summed E-state index contributed by atoms with van der Waals surface area (Å²) < 4.78 is 14.5. The highest BCUT2D eigenvalue weighted by Gasteiger charge is 2.02. The van der Waals surface area contributed by atoms with Crippen LogP contribution in [0.25, 0.3) is 5.69 Å². The first-order valence-corrected chi connectivity index (χ1v) is 4.51. The Bertz CT molecular complexity index is 465. The molecule has 2 rings (SSSR count). The molecule has 0 atom stereocenters. The molecule has 0 spiro atoms. The van der Waals surface area contributed by atoms with Crippen molar-refractivity contribution in [1.29, 1.82) is 0 Å².